The molecule has 0 aromatic heterocycles. The lowest BCUT2D eigenvalue weighted by atomic mass is 10.4. The molecular formula is C7H16N2S. The van der Waals surface area contributed by atoms with Crippen molar-refractivity contribution in [1.29, 1.82) is 0 Å². The Bertz CT molecular complexity index is 97.8. The molecule has 0 saturated carbocycles. The molecule has 1 saturated heterocycles. The minimum atomic E-state index is 0.587. The fourth-order valence-electron chi connectivity index (χ4n) is 1.26. The molecule has 1 fully saturated rings. The molecule has 0 spiro atoms. The first kappa shape index (κ1) is 8.37. The Kier molecular flexibility index (Phi) is 3.01. The van der Waals surface area contributed by atoms with Gasteiger partial charge in [-0.1, -0.05) is 13.8 Å². The first-order valence-corrected chi connectivity index (χ1v) is 4.83. The summed E-state index contributed by atoms with van der Waals surface area (Å²) in [5.41, 5.74) is 3.39. The van der Waals surface area contributed by atoms with Crippen molar-refractivity contribution in [3.63, 3.8) is 0 Å². The molecule has 0 unspecified atom stereocenters. The molecule has 1 rings (SSSR count). The lowest BCUT2D eigenvalue weighted by molar-refractivity contribution is 0.187. The van der Waals surface area contributed by atoms with Crippen molar-refractivity contribution in [1.82, 2.24) is 10.4 Å². The van der Waals surface area contributed by atoms with E-state index in [0.717, 1.165) is 11.8 Å². The van der Waals surface area contributed by atoms with Crippen LogP contribution in [0.2, 0.25) is 0 Å². The number of thioether (sulfide) groups is 1. The summed E-state index contributed by atoms with van der Waals surface area (Å²) in [7, 11) is 0. The highest BCUT2D eigenvalue weighted by atomic mass is 32.2. The Labute approximate surface area is 67.3 Å². The van der Waals surface area contributed by atoms with E-state index in [1.165, 1.54) is 6.54 Å². The molecule has 1 N–H and O–H groups in total. The largest absolute Gasteiger partial charge is 0.243 e. The van der Waals surface area contributed by atoms with Crippen LogP contribution in [0.15, 0.2) is 0 Å². The van der Waals surface area contributed by atoms with Crippen molar-refractivity contribution in [2.75, 3.05) is 13.1 Å². The van der Waals surface area contributed by atoms with Crippen LogP contribution in [0.1, 0.15) is 20.8 Å². The van der Waals surface area contributed by atoms with Gasteiger partial charge < -0.3 is 0 Å². The monoisotopic (exact) mass is 160 g/mol. The lowest BCUT2D eigenvalue weighted by Crippen LogP contribution is -2.49. The van der Waals surface area contributed by atoms with Gasteiger partial charge in [0.15, 0.2) is 0 Å². The van der Waals surface area contributed by atoms with Crippen molar-refractivity contribution in [2.24, 2.45) is 0 Å². The quantitative estimate of drug-likeness (QED) is 0.622. The zero-order valence-corrected chi connectivity index (χ0v) is 7.74. The highest BCUT2D eigenvalue weighted by molar-refractivity contribution is 8.00. The summed E-state index contributed by atoms with van der Waals surface area (Å²) < 4.78 is 0. The maximum Gasteiger partial charge on any atom is 0.0643 e. The van der Waals surface area contributed by atoms with E-state index in [9.17, 15) is 0 Å². The minimum Gasteiger partial charge on any atom is -0.243 e. The Morgan fingerprint density at radius 1 is 1.60 bits per heavy atom. The predicted molar refractivity (Wildman–Crippen MR) is 46.9 cm³/mol. The average Bonchev–Trinajstić information content (AvgIpc) is 1.85. The van der Waals surface area contributed by atoms with E-state index in [4.69, 9.17) is 0 Å². The van der Waals surface area contributed by atoms with Gasteiger partial charge in [-0.15, -0.1) is 11.8 Å². The first-order valence-electron chi connectivity index (χ1n) is 3.89. The van der Waals surface area contributed by atoms with Gasteiger partial charge in [0.2, 0.25) is 0 Å². The number of nitrogens with zero attached hydrogens (tertiary/aromatic N) is 1. The zero-order valence-electron chi connectivity index (χ0n) is 6.92. The van der Waals surface area contributed by atoms with Crippen molar-refractivity contribution in [3.8, 4) is 0 Å². The van der Waals surface area contributed by atoms with E-state index in [1.54, 1.807) is 0 Å². The Hall–Kier alpha value is 0.270. The summed E-state index contributed by atoms with van der Waals surface area (Å²) in [6.07, 6.45) is 0. The number of nitrogens with one attached hydrogen (secondary N) is 1. The molecule has 0 bridgehead atoms. The summed E-state index contributed by atoms with van der Waals surface area (Å²) in [6, 6.07) is 0. The van der Waals surface area contributed by atoms with Gasteiger partial charge in [0.1, 0.15) is 0 Å². The third kappa shape index (κ3) is 2.15. The maximum absolute atomic E-state index is 3.39. The van der Waals surface area contributed by atoms with Crippen molar-refractivity contribution in [3.05, 3.63) is 0 Å². The second-order valence-electron chi connectivity index (χ2n) is 2.76. The zero-order chi connectivity index (χ0) is 7.56. The summed E-state index contributed by atoms with van der Waals surface area (Å²) in [6.45, 7) is 8.96. The van der Waals surface area contributed by atoms with Gasteiger partial charge >= 0.3 is 0 Å². The maximum atomic E-state index is 3.39. The fraction of sp³-hybridized carbons (Fsp3) is 1.00. The van der Waals surface area contributed by atoms with Crippen LogP contribution in [0.3, 0.4) is 0 Å². The smallest absolute Gasteiger partial charge is 0.0643 e. The predicted octanol–water partition coefficient (Wildman–Crippen LogP) is 1.29. The normalized spacial score (nSPS) is 36.3. The van der Waals surface area contributed by atoms with Gasteiger partial charge in [-0.05, 0) is 6.92 Å². The molecule has 1 aliphatic heterocycles. The fourth-order valence-corrected chi connectivity index (χ4v) is 2.44. The van der Waals surface area contributed by atoms with Crippen molar-refractivity contribution >= 4 is 11.8 Å². The van der Waals surface area contributed by atoms with Crippen LogP contribution in [-0.4, -0.2) is 28.7 Å². The molecular weight excluding hydrogens is 144 g/mol. The molecule has 0 amide bonds. The van der Waals surface area contributed by atoms with E-state index < -0.39 is 0 Å². The summed E-state index contributed by atoms with van der Waals surface area (Å²) >= 11 is 2.01. The molecule has 60 valence electrons. The Morgan fingerprint density at radius 3 is 2.80 bits per heavy atom. The molecule has 0 aliphatic carbocycles. The second kappa shape index (κ2) is 3.60. The molecule has 0 aromatic rings. The van der Waals surface area contributed by atoms with Crippen LogP contribution >= 0.6 is 11.8 Å². The van der Waals surface area contributed by atoms with Crippen LogP contribution in [-0.2, 0) is 0 Å². The van der Waals surface area contributed by atoms with E-state index in [0.29, 0.717) is 5.37 Å². The Balaban J connectivity index is 2.35. The molecule has 3 heteroatoms. The molecule has 0 radical (unpaired) electrons. The number of hydrogen-bond donors (Lipinski definition) is 1. The van der Waals surface area contributed by atoms with Crippen LogP contribution in [0.4, 0.5) is 0 Å². The molecule has 1 aliphatic rings. The Morgan fingerprint density at radius 2 is 2.30 bits per heavy atom. The lowest BCUT2D eigenvalue weighted by Gasteiger charge is -2.34. The molecule has 1 heterocycles. The molecule has 2 atom stereocenters. The average molecular weight is 160 g/mol. The number of hydrazine groups is 1. The van der Waals surface area contributed by atoms with Crippen molar-refractivity contribution < 1.29 is 0 Å². The highest BCUT2D eigenvalue weighted by Crippen LogP contribution is 2.20. The van der Waals surface area contributed by atoms with Gasteiger partial charge in [0.05, 0.1) is 5.37 Å². The number of rotatable bonds is 1. The molecule has 0 aromatic carbocycles. The molecule has 10 heavy (non-hydrogen) atoms. The van der Waals surface area contributed by atoms with Crippen LogP contribution in [0.5, 0.6) is 0 Å². The summed E-state index contributed by atoms with van der Waals surface area (Å²) in [5, 5.41) is 3.64. The SMILES string of the molecule is CCN1C[C@@H](C)S[C@H](C)N1. The van der Waals surface area contributed by atoms with E-state index in [1.807, 2.05) is 11.8 Å². The van der Waals surface area contributed by atoms with Gasteiger partial charge in [-0.3, -0.25) is 0 Å². The summed E-state index contributed by atoms with van der Waals surface area (Å²) in [5.74, 6) is 0. The second-order valence-corrected chi connectivity index (χ2v) is 4.54. The highest BCUT2D eigenvalue weighted by Gasteiger charge is 2.19. The summed E-state index contributed by atoms with van der Waals surface area (Å²) in [4.78, 5) is 0. The molecule has 2 nitrogen and oxygen atoms in total. The van der Waals surface area contributed by atoms with Crippen LogP contribution < -0.4 is 5.43 Å². The topological polar surface area (TPSA) is 15.3 Å². The van der Waals surface area contributed by atoms with Gasteiger partial charge in [-0.2, -0.15) is 0 Å². The number of hydrogen-bond acceptors (Lipinski definition) is 3. The van der Waals surface area contributed by atoms with E-state index in [2.05, 4.69) is 31.2 Å². The van der Waals surface area contributed by atoms with E-state index in [-0.39, 0.29) is 0 Å². The van der Waals surface area contributed by atoms with Gasteiger partial charge in [0, 0.05) is 18.3 Å². The van der Waals surface area contributed by atoms with E-state index >= 15 is 0 Å². The van der Waals surface area contributed by atoms with Crippen molar-refractivity contribution in [2.45, 2.75) is 31.4 Å². The van der Waals surface area contributed by atoms with Gasteiger partial charge in [0.25, 0.3) is 0 Å². The van der Waals surface area contributed by atoms with Gasteiger partial charge in [-0.25, -0.2) is 10.4 Å². The standard InChI is InChI=1S/C7H16N2S/c1-4-9-5-6(2)10-7(3)8-9/h6-8H,4-5H2,1-3H3/t6-,7-/m1/s1. The minimum absolute atomic E-state index is 0.587. The third-order valence-corrected chi connectivity index (χ3v) is 2.79. The van der Waals surface area contributed by atoms with Crippen LogP contribution in [0, 0.1) is 0 Å². The third-order valence-electron chi connectivity index (χ3n) is 1.66. The first-order chi connectivity index (χ1) is 4.72. The van der Waals surface area contributed by atoms with Crippen LogP contribution in [0.25, 0.3) is 0 Å².